The van der Waals surface area contributed by atoms with Crippen LogP contribution in [0.25, 0.3) is 10.9 Å². The normalized spacial score (nSPS) is 11.0. The van der Waals surface area contributed by atoms with Gasteiger partial charge in [-0.1, -0.05) is 24.3 Å². The number of hydrogen-bond acceptors (Lipinski definition) is 4. The van der Waals surface area contributed by atoms with Gasteiger partial charge in [0.2, 0.25) is 0 Å². The van der Waals surface area contributed by atoms with Gasteiger partial charge >= 0.3 is 5.69 Å². The van der Waals surface area contributed by atoms with Crippen LogP contribution in [0.2, 0.25) is 0 Å². The standard InChI is InChI=1S/C16H15N3O2S/c1-18-12(9-15(20)19(2)16(18)21)10-22-14-8-7-11-5-3-4-6-13(11)17-14/h3-9H,10H2,1-2H3. The number of pyridine rings is 1. The summed E-state index contributed by atoms with van der Waals surface area (Å²) in [6, 6.07) is 13.4. The number of benzene rings is 1. The number of thioether (sulfide) groups is 1. The average molecular weight is 313 g/mol. The van der Waals surface area contributed by atoms with E-state index in [1.54, 1.807) is 7.05 Å². The number of aromatic nitrogens is 3. The van der Waals surface area contributed by atoms with E-state index < -0.39 is 0 Å². The Morgan fingerprint density at radius 3 is 2.64 bits per heavy atom. The molecule has 0 amide bonds. The molecule has 0 saturated carbocycles. The Balaban J connectivity index is 1.88. The second kappa shape index (κ2) is 5.81. The molecule has 0 aliphatic rings. The van der Waals surface area contributed by atoms with Gasteiger partial charge in [-0.2, -0.15) is 0 Å². The van der Waals surface area contributed by atoms with E-state index in [9.17, 15) is 9.59 Å². The molecule has 2 aromatic heterocycles. The van der Waals surface area contributed by atoms with Crippen LogP contribution >= 0.6 is 11.8 Å². The second-order valence-electron chi connectivity index (χ2n) is 5.01. The molecule has 3 aromatic rings. The van der Waals surface area contributed by atoms with E-state index in [0.29, 0.717) is 11.4 Å². The van der Waals surface area contributed by atoms with E-state index in [4.69, 9.17) is 0 Å². The number of hydrogen-bond donors (Lipinski definition) is 0. The molecule has 0 aliphatic heterocycles. The molecule has 3 rings (SSSR count). The Morgan fingerprint density at radius 1 is 1.05 bits per heavy atom. The molecule has 1 aromatic carbocycles. The fraction of sp³-hybridized carbons (Fsp3) is 0.188. The summed E-state index contributed by atoms with van der Waals surface area (Å²) in [6.07, 6.45) is 0. The van der Waals surface area contributed by atoms with Crippen LogP contribution in [0.3, 0.4) is 0 Å². The van der Waals surface area contributed by atoms with Crippen LogP contribution in [-0.2, 0) is 19.8 Å². The summed E-state index contributed by atoms with van der Waals surface area (Å²) in [5, 5.41) is 1.96. The van der Waals surface area contributed by atoms with E-state index >= 15 is 0 Å². The first-order chi connectivity index (χ1) is 10.6. The number of fused-ring (bicyclic) bond motifs is 1. The monoisotopic (exact) mass is 313 g/mol. The maximum atomic E-state index is 11.9. The number of nitrogens with zero attached hydrogens (tertiary/aromatic N) is 3. The molecule has 5 nitrogen and oxygen atoms in total. The van der Waals surface area contributed by atoms with Crippen LogP contribution in [0.1, 0.15) is 5.69 Å². The predicted octanol–water partition coefficient (Wildman–Crippen LogP) is 1.92. The third-order valence-electron chi connectivity index (χ3n) is 3.57. The van der Waals surface area contributed by atoms with Gasteiger partial charge in [0.15, 0.2) is 0 Å². The Hall–Kier alpha value is -2.34. The minimum atomic E-state index is -0.311. The zero-order valence-corrected chi connectivity index (χ0v) is 13.1. The van der Waals surface area contributed by atoms with Crippen molar-refractivity contribution in [3.63, 3.8) is 0 Å². The highest BCUT2D eigenvalue weighted by molar-refractivity contribution is 7.98. The van der Waals surface area contributed by atoms with Crippen molar-refractivity contribution < 1.29 is 0 Å². The highest BCUT2D eigenvalue weighted by atomic mass is 32.2. The summed E-state index contributed by atoms with van der Waals surface area (Å²) in [6.45, 7) is 0. The molecule has 2 heterocycles. The molecule has 0 radical (unpaired) electrons. The van der Waals surface area contributed by atoms with E-state index in [1.807, 2.05) is 36.4 Å². The minimum absolute atomic E-state index is 0.287. The van der Waals surface area contributed by atoms with Crippen molar-refractivity contribution in [3.05, 3.63) is 69.0 Å². The maximum absolute atomic E-state index is 11.9. The molecule has 0 unspecified atom stereocenters. The largest absolute Gasteiger partial charge is 0.330 e. The number of rotatable bonds is 3. The van der Waals surface area contributed by atoms with Gasteiger partial charge in [-0.05, 0) is 12.1 Å². The van der Waals surface area contributed by atoms with Gasteiger partial charge in [-0.3, -0.25) is 13.9 Å². The lowest BCUT2D eigenvalue weighted by Gasteiger charge is -2.09. The van der Waals surface area contributed by atoms with Crippen LogP contribution in [0.5, 0.6) is 0 Å². The van der Waals surface area contributed by atoms with Crippen LogP contribution < -0.4 is 11.2 Å². The summed E-state index contributed by atoms with van der Waals surface area (Å²) in [4.78, 5) is 28.2. The Labute approximate surface area is 131 Å². The summed E-state index contributed by atoms with van der Waals surface area (Å²) in [5.41, 5.74) is 1.03. The Bertz CT molecular complexity index is 959. The molecule has 0 saturated heterocycles. The molecule has 0 atom stereocenters. The van der Waals surface area contributed by atoms with Gasteiger partial charge in [-0.15, -0.1) is 11.8 Å². The average Bonchev–Trinajstić information content (AvgIpc) is 2.55. The third-order valence-corrected chi connectivity index (χ3v) is 4.53. The van der Waals surface area contributed by atoms with Crippen molar-refractivity contribution in [2.24, 2.45) is 14.1 Å². The Kier molecular flexibility index (Phi) is 3.85. The quantitative estimate of drug-likeness (QED) is 0.693. The van der Waals surface area contributed by atoms with E-state index in [1.165, 1.54) is 29.4 Å². The molecule has 22 heavy (non-hydrogen) atoms. The first kappa shape index (κ1) is 14.6. The van der Waals surface area contributed by atoms with Gasteiger partial charge in [-0.25, -0.2) is 9.78 Å². The smallest absolute Gasteiger partial charge is 0.300 e. The molecule has 112 valence electrons. The van der Waals surface area contributed by atoms with E-state index in [2.05, 4.69) is 4.98 Å². The second-order valence-corrected chi connectivity index (χ2v) is 6.00. The summed E-state index contributed by atoms with van der Waals surface area (Å²) < 4.78 is 2.60. The van der Waals surface area contributed by atoms with Gasteiger partial charge < -0.3 is 0 Å². The van der Waals surface area contributed by atoms with Crippen molar-refractivity contribution in [1.82, 2.24) is 14.1 Å². The molecule has 0 N–H and O–H groups in total. The highest BCUT2D eigenvalue weighted by Gasteiger charge is 2.07. The minimum Gasteiger partial charge on any atom is -0.300 e. The van der Waals surface area contributed by atoms with Gasteiger partial charge in [0.05, 0.1) is 10.5 Å². The molecule has 0 fully saturated rings. The summed E-state index contributed by atoms with van der Waals surface area (Å²) in [7, 11) is 3.15. The van der Waals surface area contributed by atoms with Crippen LogP contribution in [0, 0.1) is 0 Å². The lowest BCUT2D eigenvalue weighted by Crippen LogP contribution is -2.37. The number of para-hydroxylation sites is 1. The van der Waals surface area contributed by atoms with Crippen molar-refractivity contribution in [1.29, 1.82) is 0 Å². The van der Waals surface area contributed by atoms with Crippen LogP contribution in [-0.4, -0.2) is 14.1 Å². The molecular formula is C16H15N3O2S. The van der Waals surface area contributed by atoms with Crippen molar-refractivity contribution in [2.75, 3.05) is 0 Å². The Morgan fingerprint density at radius 2 is 1.82 bits per heavy atom. The summed E-state index contributed by atoms with van der Waals surface area (Å²) >= 11 is 1.51. The fourth-order valence-corrected chi connectivity index (χ4v) is 3.09. The first-order valence-corrected chi connectivity index (χ1v) is 7.79. The van der Waals surface area contributed by atoms with Gasteiger partial charge in [0.25, 0.3) is 5.56 Å². The lowest BCUT2D eigenvalue weighted by atomic mass is 10.2. The zero-order valence-electron chi connectivity index (χ0n) is 12.3. The third kappa shape index (κ3) is 2.69. The highest BCUT2D eigenvalue weighted by Crippen LogP contribution is 2.22. The van der Waals surface area contributed by atoms with E-state index in [-0.39, 0.29) is 11.2 Å². The van der Waals surface area contributed by atoms with Crippen molar-refractivity contribution >= 4 is 22.7 Å². The van der Waals surface area contributed by atoms with Gasteiger partial charge in [0.1, 0.15) is 0 Å². The molecule has 0 bridgehead atoms. The van der Waals surface area contributed by atoms with Crippen molar-refractivity contribution in [3.8, 4) is 0 Å². The molecule has 0 aliphatic carbocycles. The van der Waals surface area contributed by atoms with Crippen LogP contribution in [0.15, 0.2) is 57.1 Å². The zero-order chi connectivity index (χ0) is 15.7. The SMILES string of the molecule is Cn1c(CSc2ccc3ccccc3n2)cc(=O)n(C)c1=O. The van der Waals surface area contributed by atoms with Crippen molar-refractivity contribution in [2.45, 2.75) is 10.8 Å². The van der Waals surface area contributed by atoms with Crippen LogP contribution in [0.4, 0.5) is 0 Å². The first-order valence-electron chi connectivity index (χ1n) is 6.81. The fourth-order valence-electron chi connectivity index (χ4n) is 2.19. The topological polar surface area (TPSA) is 56.9 Å². The van der Waals surface area contributed by atoms with E-state index in [0.717, 1.165) is 20.5 Å². The molecule has 0 spiro atoms. The van der Waals surface area contributed by atoms with Gasteiger partial charge in [0, 0.05) is 37.0 Å². The maximum Gasteiger partial charge on any atom is 0.330 e. The molecular weight excluding hydrogens is 298 g/mol. The summed E-state index contributed by atoms with van der Waals surface area (Å²) in [5.74, 6) is 0.521. The molecule has 6 heteroatoms. The lowest BCUT2D eigenvalue weighted by molar-refractivity contribution is 0.665. The predicted molar refractivity (Wildman–Crippen MR) is 88.2 cm³/mol.